The lowest BCUT2D eigenvalue weighted by Gasteiger charge is -2.43. The smallest absolute Gasteiger partial charge is 0.303 e. The Labute approximate surface area is 233 Å². The molecule has 1 fully saturated rings. The summed E-state index contributed by atoms with van der Waals surface area (Å²) in [5, 5.41) is 0.252. The summed E-state index contributed by atoms with van der Waals surface area (Å²) in [7, 11) is 0. The van der Waals surface area contributed by atoms with E-state index in [1.807, 2.05) is 0 Å². The molecule has 2 aromatic heterocycles. The molecule has 13 nitrogen and oxygen atoms in total. The summed E-state index contributed by atoms with van der Waals surface area (Å²) in [5.74, 6) is -2.80. The normalized spacial score (nSPS) is 21.9. The molecule has 0 bridgehead atoms. The molecule has 0 unspecified atom stereocenters. The van der Waals surface area contributed by atoms with Crippen molar-refractivity contribution in [2.75, 3.05) is 6.61 Å². The Morgan fingerprint density at radius 2 is 1.54 bits per heavy atom. The van der Waals surface area contributed by atoms with Gasteiger partial charge < -0.3 is 32.8 Å². The third-order valence-corrected chi connectivity index (χ3v) is 5.89. The zero-order chi connectivity index (χ0) is 29.7. The number of hydrogen-bond acceptors (Lipinski definition) is 13. The Kier molecular flexibility index (Phi) is 8.97. The summed E-state index contributed by atoms with van der Waals surface area (Å²) in [4.78, 5) is 64.7. The van der Waals surface area contributed by atoms with Crippen LogP contribution in [-0.2, 0) is 42.9 Å². The number of nitrogens with zero attached hydrogens (tertiary/aromatic N) is 1. The highest BCUT2D eigenvalue weighted by Crippen LogP contribution is 2.32. The van der Waals surface area contributed by atoms with Crippen LogP contribution < -0.4 is 10.2 Å². The zero-order valence-electron chi connectivity index (χ0n) is 22.6. The molecular weight excluding hydrogens is 542 g/mol. The number of esters is 4. The van der Waals surface area contributed by atoms with Crippen LogP contribution in [0.2, 0.25) is 0 Å². The monoisotopic (exact) mass is 569 g/mol. The van der Waals surface area contributed by atoms with Gasteiger partial charge in [0, 0.05) is 40.0 Å². The van der Waals surface area contributed by atoms with Crippen LogP contribution >= 0.6 is 0 Å². The summed E-state index contributed by atoms with van der Waals surface area (Å²) in [6.45, 7) is 4.13. The van der Waals surface area contributed by atoms with Crippen LogP contribution in [0.3, 0.4) is 0 Å². The zero-order valence-corrected chi connectivity index (χ0v) is 22.6. The highest BCUT2D eigenvalue weighted by molar-refractivity contribution is 5.82. The fourth-order valence-electron chi connectivity index (χ4n) is 4.30. The number of hydrogen-bond donors (Lipinski definition) is 0. The van der Waals surface area contributed by atoms with Gasteiger partial charge in [0.05, 0.1) is 16.6 Å². The first-order valence-corrected chi connectivity index (χ1v) is 12.5. The van der Waals surface area contributed by atoms with Crippen molar-refractivity contribution in [3.05, 3.63) is 59.1 Å². The van der Waals surface area contributed by atoms with E-state index in [9.17, 15) is 24.0 Å². The van der Waals surface area contributed by atoms with E-state index in [4.69, 9.17) is 32.8 Å². The molecule has 4 rings (SSSR count). The Morgan fingerprint density at radius 1 is 0.854 bits per heavy atom. The van der Waals surface area contributed by atoms with Crippen molar-refractivity contribution >= 4 is 34.8 Å². The van der Waals surface area contributed by atoms with E-state index < -0.39 is 61.2 Å². The molecule has 0 spiro atoms. The van der Waals surface area contributed by atoms with Crippen LogP contribution in [0.25, 0.3) is 22.2 Å². The number of ether oxygens (including phenoxy) is 6. The first-order valence-electron chi connectivity index (χ1n) is 12.5. The SMILES string of the molecule is CC(=O)OC[C@@H]1O[C@H](Oc2ccc3c(=O)c(-c4ccccn4)coc3c2)[C@H](OC(C)=O)[C@@H](OC(C)=O)[C@@H]1OC(C)=O. The number of aromatic nitrogens is 1. The van der Waals surface area contributed by atoms with Crippen molar-refractivity contribution in [1.82, 2.24) is 4.98 Å². The van der Waals surface area contributed by atoms with E-state index >= 15 is 0 Å². The lowest BCUT2D eigenvalue weighted by Crippen LogP contribution is -2.63. The lowest BCUT2D eigenvalue weighted by atomic mass is 9.98. The quantitative estimate of drug-likeness (QED) is 0.287. The van der Waals surface area contributed by atoms with E-state index in [1.54, 1.807) is 24.4 Å². The minimum absolute atomic E-state index is 0.132. The van der Waals surface area contributed by atoms with Gasteiger partial charge in [0.15, 0.2) is 12.2 Å². The van der Waals surface area contributed by atoms with E-state index in [-0.39, 0.29) is 27.7 Å². The molecule has 3 aromatic rings. The molecule has 1 saturated heterocycles. The first kappa shape index (κ1) is 29.2. The van der Waals surface area contributed by atoms with Gasteiger partial charge >= 0.3 is 23.9 Å². The van der Waals surface area contributed by atoms with Gasteiger partial charge in [-0.05, 0) is 24.3 Å². The van der Waals surface area contributed by atoms with Crippen molar-refractivity contribution in [3.8, 4) is 17.0 Å². The average Bonchev–Trinajstić information content (AvgIpc) is 2.91. The Hall–Kier alpha value is -4.78. The molecule has 41 heavy (non-hydrogen) atoms. The number of carbonyl (C=O) groups excluding carboxylic acids is 4. The summed E-state index contributed by atoms with van der Waals surface area (Å²) >= 11 is 0. The van der Waals surface area contributed by atoms with Crippen LogP contribution in [0.15, 0.2) is 58.1 Å². The second-order valence-corrected chi connectivity index (χ2v) is 9.04. The van der Waals surface area contributed by atoms with E-state index in [0.717, 1.165) is 20.8 Å². The molecular formula is C28H27NO12. The second-order valence-electron chi connectivity index (χ2n) is 9.04. The highest BCUT2D eigenvalue weighted by Gasteiger charge is 2.53. The van der Waals surface area contributed by atoms with Crippen LogP contribution in [0.1, 0.15) is 27.7 Å². The highest BCUT2D eigenvalue weighted by atomic mass is 16.7. The van der Waals surface area contributed by atoms with Crippen molar-refractivity contribution in [2.24, 2.45) is 0 Å². The largest absolute Gasteiger partial charge is 0.463 e. The number of benzene rings is 1. The van der Waals surface area contributed by atoms with Gasteiger partial charge in [-0.1, -0.05) is 6.07 Å². The van der Waals surface area contributed by atoms with Gasteiger partial charge in [0.2, 0.25) is 17.8 Å². The first-order chi connectivity index (χ1) is 19.5. The topological polar surface area (TPSA) is 167 Å². The Morgan fingerprint density at radius 3 is 2.17 bits per heavy atom. The summed E-state index contributed by atoms with van der Waals surface area (Å²) in [5.41, 5.74) is 0.578. The van der Waals surface area contributed by atoms with E-state index in [0.29, 0.717) is 5.69 Å². The van der Waals surface area contributed by atoms with Crippen molar-refractivity contribution in [3.63, 3.8) is 0 Å². The molecule has 0 radical (unpaired) electrons. The number of pyridine rings is 1. The number of fused-ring (bicyclic) bond motifs is 1. The van der Waals surface area contributed by atoms with Crippen LogP contribution in [0.5, 0.6) is 5.75 Å². The summed E-state index contributed by atoms with van der Waals surface area (Å²) in [6, 6.07) is 9.52. The molecule has 5 atom stereocenters. The Balaban J connectivity index is 1.70. The Bertz CT molecular complexity index is 1500. The molecule has 13 heteroatoms. The van der Waals surface area contributed by atoms with Crippen LogP contribution in [0.4, 0.5) is 0 Å². The third kappa shape index (κ3) is 7.06. The van der Waals surface area contributed by atoms with Gasteiger partial charge in [0.25, 0.3) is 0 Å². The maximum absolute atomic E-state index is 13.1. The van der Waals surface area contributed by atoms with Gasteiger partial charge in [0.1, 0.15) is 30.3 Å². The summed E-state index contributed by atoms with van der Waals surface area (Å²) < 4.78 is 38.8. The lowest BCUT2D eigenvalue weighted by molar-refractivity contribution is -0.288. The van der Waals surface area contributed by atoms with Gasteiger partial charge in [-0.25, -0.2) is 0 Å². The van der Waals surface area contributed by atoms with Gasteiger partial charge in [-0.15, -0.1) is 0 Å². The molecule has 216 valence electrons. The third-order valence-electron chi connectivity index (χ3n) is 5.89. The standard InChI is InChI=1S/C28H27NO12/c1-14(30)35-13-23-25(37-15(2)31)26(38-16(3)32)27(39-17(4)33)28(41-23)40-18-8-9-19-22(11-18)36-12-20(24(19)34)21-7-5-6-10-29-21/h5-12,23,25-28H,13H2,1-4H3/t23-,25+,26-,27+,28-/m0/s1. The fourth-order valence-corrected chi connectivity index (χ4v) is 4.30. The van der Waals surface area contributed by atoms with Crippen molar-refractivity contribution in [2.45, 2.75) is 58.4 Å². The molecule has 0 saturated carbocycles. The number of rotatable bonds is 8. The molecule has 1 aliphatic rings. The van der Waals surface area contributed by atoms with Crippen LogP contribution in [-0.4, -0.2) is 66.2 Å². The molecule has 0 aliphatic carbocycles. The molecule has 0 amide bonds. The summed E-state index contributed by atoms with van der Waals surface area (Å²) in [6.07, 6.45) is -3.90. The maximum atomic E-state index is 13.1. The second kappa shape index (κ2) is 12.6. The molecule has 1 aliphatic heterocycles. The molecule has 0 N–H and O–H groups in total. The van der Waals surface area contributed by atoms with Crippen LogP contribution in [0, 0.1) is 0 Å². The number of carbonyl (C=O) groups is 4. The van der Waals surface area contributed by atoms with E-state index in [1.165, 1.54) is 31.4 Å². The predicted octanol–water partition coefficient (Wildman–Crippen LogP) is 2.32. The van der Waals surface area contributed by atoms with Gasteiger partial charge in [-0.3, -0.25) is 29.0 Å². The minimum atomic E-state index is -1.44. The van der Waals surface area contributed by atoms with Gasteiger partial charge in [-0.2, -0.15) is 0 Å². The molecule has 3 heterocycles. The predicted molar refractivity (Wildman–Crippen MR) is 138 cm³/mol. The fraction of sp³-hybridized carbons (Fsp3) is 0.357. The van der Waals surface area contributed by atoms with Crippen molar-refractivity contribution in [1.29, 1.82) is 0 Å². The van der Waals surface area contributed by atoms with E-state index in [2.05, 4.69) is 4.98 Å². The molecule has 1 aromatic carbocycles. The maximum Gasteiger partial charge on any atom is 0.303 e. The van der Waals surface area contributed by atoms with Crippen molar-refractivity contribution < 1.29 is 52.0 Å². The minimum Gasteiger partial charge on any atom is -0.463 e. The average molecular weight is 570 g/mol.